The fourth-order valence-corrected chi connectivity index (χ4v) is 4.29. The second-order valence-electron chi connectivity index (χ2n) is 5.12. The van der Waals surface area contributed by atoms with Crippen molar-refractivity contribution in [1.82, 2.24) is 4.31 Å². The van der Waals surface area contributed by atoms with E-state index in [0.29, 0.717) is 25.5 Å². The molecule has 0 amide bonds. The Bertz CT molecular complexity index is 635. The molecule has 0 aliphatic carbocycles. The highest BCUT2D eigenvalue weighted by Crippen LogP contribution is 2.34. The number of sulfonamides is 1. The van der Waals surface area contributed by atoms with E-state index in [-0.39, 0.29) is 35.5 Å². The number of halogens is 4. The fourth-order valence-electron chi connectivity index (χ4n) is 2.56. The highest BCUT2D eigenvalue weighted by atomic mass is 35.5. The molecule has 1 aromatic carbocycles. The molecule has 1 aliphatic heterocycles. The highest BCUT2D eigenvalue weighted by molar-refractivity contribution is 7.89. The van der Waals surface area contributed by atoms with Gasteiger partial charge >= 0.3 is 6.18 Å². The van der Waals surface area contributed by atoms with Crippen LogP contribution in [0.2, 0.25) is 0 Å². The van der Waals surface area contributed by atoms with E-state index in [9.17, 15) is 21.6 Å². The minimum absolute atomic E-state index is 0. The van der Waals surface area contributed by atoms with E-state index in [2.05, 4.69) is 0 Å². The molecule has 1 unspecified atom stereocenters. The topological polar surface area (TPSA) is 63.4 Å². The summed E-state index contributed by atoms with van der Waals surface area (Å²) < 4.78 is 64.9. The van der Waals surface area contributed by atoms with Crippen molar-refractivity contribution in [2.45, 2.75) is 36.9 Å². The van der Waals surface area contributed by atoms with Gasteiger partial charge in [0.15, 0.2) is 0 Å². The summed E-state index contributed by atoms with van der Waals surface area (Å²) >= 11 is 0. The number of hydrogen-bond acceptors (Lipinski definition) is 3. The van der Waals surface area contributed by atoms with Crippen LogP contribution in [0.5, 0.6) is 0 Å². The van der Waals surface area contributed by atoms with Crippen molar-refractivity contribution in [3.63, 3.8) is 0 Å². The zero-order valence-electron chi connectivity index (χ0n) is 11.9. The van der Waals surface area contributed by atoms with Gasteiger partial charge in [0.25, 0.3) is 0 Å². The lowest BCUT2D eigenvalue weighted by Gasteiger charge is -2.23. The third kappa shape index (κ3) is 3.56. The van der Waals surface area contributed by atoms with Crippen molar-refractivity contribution in [1.29, 1.82) is 0 Å². The molecule has 126 valence electrons. The van der Waals surface area contributed by atoms with Crippen molar-refractivity contribution in [3.8, 4) is 0 Å². The first-order valence-electron chi connectivity index (χ1n) is 6.57. The number of nitrogens with two attached hydrogens (primary N) is 1. The lowest BCUT2D eigenvalue weighted by molar-refractivity contribution is -0.138. The molecule has 22 heavy (non-hydrogen) atoms. The standard InChI is InChI=1S/C13H17F3N2O2S.ClH/c1-9-4-5-11(7-12(9)13(14,15)16)21(19,20)18-6-2-3-10(18)8-17;/h4-5,7,10H,2-3,6,8,17H2,1H3;1H. The third-order valence-electron chi connectivity index (χ3n) is 3.72. The number of benzene rings is 1. The van der Waals surface area contributed by atoms with Crippen molar-refractivity contribution in [3.05, 3.63) is 29.3 Å². The van der Waals surface area contributed by atoms with Crippen LogP contribution in [0, 0.1) is 6.92 Å². The van der Waals surface area contributed by atoms with E-state index in [1.807, 2.05) is 0 Å². The van der Waals surface area contributed by atoms with Gasteiger partial charge in [-0.05, 0) is 37.5 Å². The van der Waals surface area contributed by atoms with Gasteiger partial charge in [0.1, 0.15) is 0 Å². The van der Waals surface area contributed by atoms with Gasteiger partial charge in [0, 0.05) is 19.1 Å². The molecule has 1 atom stereocenters. The molecule has 1 saturated heterocycles. The molecule has 0 aromatic heterocycles. The smallest absolute Gasteiger partial charge is 0.329 e. The van der Waals surface area contributed by atoms with Crippen LogP contribution in [0.3, 0.4) is 0 Å². The van der Waals surface area contributed by atoms with Crippen LogP contribution in [0.4, 0.5) is 13.2 Å². The number of alkyl halides is 3. The molecule has 0 saturated carbocycles. The molecule has 0 bridgehead atoms. The Labute approximate surface area is 133 Å². The summed E-state index contributed by atoms with van der Waals surface area (Å²) in [6.07, 6.45) is -3.28. The molecule has 2 rings (SSSR count). The van der Waals surface area contributed by atoms with Crippen LogP contribution in [-0.4, -0.2) is 31.9 Å². The van der Waals surface area contributed by atoms with Crippen LogP contribution in [0.1, 0.15) is 24.0 Å². The van der Waals surface area contributed by atoms with E-state index in [4.69, 9.17) is 5.73 Å². The minimum atomic E-state index is -4.58. The summed E-state index contributed by atoms with van der Waals surface area (Å²) in [5.41, 5.74) is 4.61. The van der Waals surface area contributed by atoms with Gasteiger partial charge in [-0.25, -0.2) is 8.42 Å². The zero-order valence-corrected chi connectivity index (χ0v) is 13.6. The molecule has 9 heteroatoms. The van der Waals surface area contributed by atoms with Gasteiger partial charge in [-0.1, -0.05) is 6.07 Å². The monoisotopic (exact) mass is 358 g/mol. The number of hydrogen-bond donors (Lipinski definition) is 1. The Hall–Kier alpha value is -0.830. The zero-order chi connectivity index (χ0) is 15.8. The SMILES string of the molecule is Cc1ccc(S(=O)(=O)N2CCCC2CN)cc1C(F)(F)F.Cl. The molecular formula is C13H18ClF3N2O2S. The Morgan fingerprint density at radius 3 is 2.55 bits per heavy atom. The first-order chi connectivity index (χ1) is 9.67. The summed E-state index contributed by atoms with van der Waals surface area (Å²) in [5.74, 6) is 0. The van der Waals surface area contributed by atoms with E-state index in [1.54, 1.807) is 0 Å². The lowest BCUT2D eigenvalue weighted by atomic mass is 10.1. The summed E-state index contributed by atoms with van der Waals surface area (Å²) in [4.78, 5) is -0.333. The first-order valence-corrected chi connectivity index (χ1v) is 8.01. The number of nitrogens with zero attached hydrogens (tertiary/aromatic N) is 1. The second kappa shape index (κ2) is 6.74. The van der Waals surface area contributed by atoms with Gasteiger partial charge < -0.3 is 5.73 Å². The summed E-state index contributed by atoms with van der Waals surface area (Å²) in [6, 6.07) is 2.76. The molecule has 0 radical (unpaired) electrons. The predicted molar refractivity (Wildman–Crippen MR) is 79.4 cm³/mol. The average molecular weight is 359 g/mol. The highest BCUT2D eigenvalue weighted by Gasteiger charge is 2.37. The van der Waals surface area contributed by atoms with Crippen LogP contribution < -0.4 is 5.73 Å². The van der Waals surface area contributed by atoms with E-state index in [1.165, 1.54) is 23.4 Å². The van der Waals surface area contributed by atoms with E-state index in [0.717, 1.165) is 0 Å². The quantitative estimate of drug-likeness (QED) is 0.903. The van der Waals surface area contributed by atoms with Crippen molar-refractivity contribution in [2.75, 3.05) is 13.1 Å². The maximum atomic E-state index is 12.9. The Morgan fingerprint density at radius 2 is 2.00 bits per heavy atom. The van der Waals surface area contributed by atoms with E-state index < -0.39 is 21.8 Å². The lowest BCUT2D eigenvalue weighted by Crippen LogP contribution is -2.39. The third-order valence-corrected chi connectivity index (χ3v) is 5.66. The van der Waals surface area contributed by atoms with Gasteiger partial charge in [0.05, 0.1) is 10.5 Å². The molecule has 1 aromatic rings. The predicted octanol–water partition coefficient (Wildman–Crippen LogP) is 2.55. The first kappa shape index (κ1) is 19.2. The largest absolute Gasteiger partial charge is 0.416 e. The maximum Gasteiger partial charge on any atom is 0.416 e. The molecule has 0 spiro atoms. The summed E-state index contributed by atoms with van der Waals surface area (Å²) in [7, 11) is -3.95. The van der Waals surface area contributed by atoms with Crippen molar-refractivity contribution >= 4 is 22.4 Å². The molecular weight excluding hydrogens is 341 g/mol. The van der Waals surface area contributed by atoms with Crippen molar-refractivity contribution in [2.24, 2.45) is 5.73 Å². The van der Waals surface area contributed by atoms with Crippen LogP contribution in [0.15, 0.2) is 23.1 Å². The van der Waals surface area contributed by atoms with E-state index >= 15 is 0 Å². The van der Waals surface area contributed by atoms with Gasteiger partial charge in [-0.2, -0.15) is 17.5 Å². The van der Waals surface area contributed by atoms with Gasteiger partial charge in [-0.3, -0.25) is 0 Å². The van der Waals surface area contributed by atoms with Gasteiger partial charge in [-0.15, -0.1) is 12.4 Å². The van der Waals surface area contributed by atoms with Gasteiger partial charge in [0.2, 0.25) is 10.0 Å². The molecule has 1 aliphatic rings. The molecule has 2 N–H and O–H groups in total. The second-order valence-corrected chi connectivity index (χ2v) is 7.01. The minimum Gasteiger partial charge on any atom is -0.329 e. The number of rotatable bonds is 3. The molecule has 1 heterocycles. The Balaban J connectivity index is 0.00000242. The average Bonchev–Trinajstić information content (AvgIpc) is 2.86. The molecule has 1 fully saturated rings. The van der Waals surface area contributed by atoms with Crippen LogP contribution >= 0.6 is 12.4 Å². The normalized spacial score (nSPS) is 20.0. The van der Waals surface area contributed by atoms with Crippen LogP contribution in [-0.2, 0) is 16.2 Å². The molecule has 4 nitrogen and oxygen atoms in total. The summed E-state index contributed by atoms with van der Waals surface area (Å²) in [6.45, 7) is 1.76. The Kier molecular flexibility index (Phi) is 5.88. The fraction of sp³-hybridized carbons (Fsp3) is 0.538. The Morgan fingerprint density at radius 1 is 1.36 bits per heavy atom. The van der Waals surface area contributed by atoms with Crippen LogP contribution in [0.25, 0.3) is 0 Å². The van der Waals surface area contributed by atoms with Crippen molar-refractivity contribution < 1.29 is 21.6 Å². The number of aryl methyl sites for hydroxylation is 1. The maximum absolute atomic E-state index is 12.9. The summed E-state index contributed by atoms with van der Waals surface area (Å²) in [5, 5.41) is 0.